The van der Waals surface area contributed by atoms with Crippen molar-refractivity contribution in [2.45, 2.75) is 19.3 Å². The summed E-state index contributed by atoms with van der Waals surface area (Å²) in [5.41, 5.74) is 2.24. The molecule has 1 amide bonds. The van der Waals surface area contributed by atoms with Gasteiger partial charge in [0.2, 0.25) is 11.9 Å². The van der Waals surface area contributed by atoms with E-state index in [0.29, 0.717) is 6.54 Å². The van der Waals surface area contributed by atoms with Gasteiger partial charge in [0.05, 0.1) is 0 Å². The highest BCUT2D eigenvalue weighted by Crippen LogP contribution is 2.23. The molecule has 1 aliphatic rings. The minimum Gasteiger partial charge on any atom is -0.361 e. The molecule has 1 saturated heterocycles. The average molecular weight is 384 g/mol. The first kappa shape index (κ1) is 17.8. The Balaban J connectivity index is 1.27. The molecule has 6 nitrogen and oxygen atoms in total. The highest BCUT2D eigenvalue weighted by molar-refractivity contribution is 6.31. The second-order valence-electron chi connectivity index (χ2n) is 6.85. The van der Waals surface area contributed by atoms with Crippen molar-refractivity contribution in [1.29, 1.82) is 0 Å². The van der Waals surface area contributed by atoms with Gasteiger partial charge in [-0.2, -0.15) is 0 Å². The second-order valence-corrected chi connectivity index (χ2v) is 7.29. The van der Waals surface area contributed by atoms with E-state index in [0.717, 1.165) is 54.2 Å². The molecular formula is C20H22ClN5O. The number of halogens is 1. The molecule has 0 bridgehead atoms. The summed E-state index contributed by atoms with van der Waals surface area (Å²) in [6, 6.07) is 7.63. The highest BCUT2D eigenvalue weighted by Gasteiger charge is 2.25. The maximum Gasteiger partial charge on any atom is 0.225 e. The Hall–Kier alpha value is -2.60. The van der Waals surface area contributed by atoms with Gasteiger partial charge in [0, 0.05) is 60.1 Å². The zero-order valence-corrected chi connectivity index (χ0v) is 15.7. The normalized spacial score (nSPS) is 15.2. The van der Waals surface area contributed by atoms with E-state index >= 15 is 0 Å². The zero-order chi connectivity index (χ0) is 18.6. The molecule has 4 rings (SSSR count). The van der Waals surface area contributed by atoms with Crippen molar-refractivity contribution >= 4 is 34.4 Å². The SMILES string of the molecule is O=C(NCCc1c[nH]c2ccc(Cl)cc12)C1CCN(c2ncccn2)CC1. The van der Waals surface area contributed by atoms with E-state index < -0.39 is 0 Å². The quantitative estimate of drug-likeness (QED) is 0.709. The molecule has 0 radical (unpaired) electrons. The van der Waals surface area contributed by atoms with Crippen molar-refractivity contribution < 1.29 is 4.79 Å². The maximum absolute atomic E-state index is 12.5. The van der Waals surface area contributed by atoms with Crippen LogP contribution >= 0.6 is 11.6 Å². The number of nitrogens with one attached hydrogen (secondary N) is 2. The Kier molecular flexibility index (Phi) is 5.25. The zero-order valence-electron chi connectivity index (χ0n) is 15.0. The number of aromatic nitrogens is 3. The number of nitrogens with zero attached hydrogens (tertiary/aromatic N) is 3. The van der Waals surface area contributed by atoms with E-state index in [4.69, 9.17) is 11.6 Å². The molecule has 1 aromatic carbocycles. The van der Waals surface area contributed by atoms with Gasteiger partial charge in [0.15, 0.2) is 0 Å². The molecule has 2 aromatic heterocycles. The van der Waals surface area contributed by atoms with E-state index in [9.17, 15) is 4.79 Å². The lowest BCUT2D eigenvalue weighted by molar-refractivity contribution is -0.125. The predicted octanol–water partition coefficient (Wildman–Crippen LogP) is 3.19. The van der Waals surface area contributed by atoms with Gasteiger partial charge in [-0.25, -0.2) is 9.97 Å². The van der Waals surface area contributed by atoms with Gasteiger partial charge in [-0.15, -0.1) is 0 Å². The Morgan fingerprint density at radius 2 is 2.04 bits per heavy atom. The molecule has 0 unspecified atom stereocenters. The van der Waals surface area contributed by atoms with Gasteiger partial charge in [-0.05, 0) is 49.1 Å². The monoisotopic (exact) mass is 383 g/mol. The molecular weight excluding hydrogens is 362 g/mol. The molecule has 0 atom stereocenters. The average Bonchev–Trinajstić information content (AvgIpc) is 3.11. The number of H-pyrrole nitrogens is 1. The van der Waals surface area contributed by atoms with Gasteiger partial charge in [-0.1, -0.05) is 11.6 Å². The Morgan fingerprint density at radius 3 is 2.81 bits per heavy atom. The van der Waals surface area contributed by atoms with Crippen LogP contribution < -0.4 is 10.2 Å². The number of aromatic amines is 1. The summed E-state index contributed by atoms with van der Waals surface area (Å²) >= 11 is 6.09. The Bertz CT molecular complexity index is 919. The smallest absolute Gasteiger partial charge is 0.225 e. The van der Waals surface area contributed by atoms with Gasteiger partial charge < -0.3 is 15.2 Å². The third-order valence-corrected chi connectivity index (χ3v) is 5.36. The summed E-state index contributed by atoms with van der Waals surface area (Å²) < 4.78 is 0. The summed E-state index contributed by atoms with van der Waals surface area (Å²) in [6.45, 7) is 2.24. The summed E-state index contributed by atoms with van der Waals surface area (Å²) in [6.07, 6.45) is 7.92. The van der Waals surface area contributed by atoms with Crippen LogP contribution in [0, 0.1) is 5.92 Å². The Labute approximate surface area is 163 Å². The lowest BCUT2D eigenvalue weighted by atomic mass is 9.96. The van der Waals surface area contributed by atoms with Crippen LogP contribution in [0.4, 0.5) is 5.95 Å². The number of hydrogen-bond donors (Lipinski definition) is 2. The number of fused-ring (bicyclic) bond motifs is 1. The number of piperidine rings is 1. The summed E-state index contributed by atoms with van der Waals surface area (Å²) in [7, 11) is 0. The first-order chi connectivity index (χ1) is 13.2. The molecule has 3 aromatic rings. The van der Waals surface area contributed by atoms with E-state index in [-0.39, 0.29) is 11.8 Å². The fraction of sp³-hybridized carbons (Fsp3) is 0.350. The van der Waals surface area contributed by atoms with Crippen LogP contribution in [0.15, 0.2) is 42.9 Å². The molecule has 140 valence electrons. The molecule has 1 fully saturated rings. The van der Waals surface area contributed by atoms with Crippen molar-refractivity contribution in [3.63, 3.8) is 0 Å². The number of anilines is 1. The predicted molar refractivity (Wildman–Crippen MR) is 107 cm³/mol. The molecule has 2 N–H and O–H groups in total. The van der Waals surface area contributed by atoms with E-state index in [1.54, 1.807) is 12.4 Å². The molecule has 0 spiro atoms. The van der Waals surface area contributed by atoms with Gasteiger partial charge in [-0.3, -0.25) is 4.79 Å². The van der Waals surface area contributed by atoms with E-state index in [1.807, 2.05) is 30.5 Å². The fourth-order valence-corrected chi connectivity index (χ4v) is 3.79. The van der Waals surface area contributed by atoms with Crippen LogP contribution in [0.25, 0.3) is 10.9 Å². The number of benzene rings is 1. The first-order valence-electron chi connectivity index (χ1n) is 9.26. The third-order valence-electron chi connectivity index (χ3n) is 5.12. The van der Waals surface area contributed by atoms with E-state index in [1.165, 1.54) is 5.56 Å². The molecule has 0 saturated carbocycles. The molecule has 3 heterocycles. The largest absolute Gasteiger partial charge is 0.361 e. The van der Waals surface area contributed by atoms with Gasteiger partial charge >= 0.3 is 0 Å². The van der Waals surface area contributed by atoms with Crippen LogP contribution in [0.1, 0.15) is 18.4 Å². The van der Waals surface area contributed by atoms with Crippen LogP contribution in [0.5, 0.6) is 0 Å². The maximum atomic E-state index is 12.5. The molecule has 7 heteroatoms. The van der Waals surface area contributed by atoms with Crippen LogP contribution in [0.3, 0.4) is 0 Å². The van der Waals surface area contributed by atoms with Crippen LogP contribution in [0.2, 0.25) is 5.02 Å². The van der Waals surface area contributed by atoms with Crippen molar-refractivity contribution in [3.05, 3.63) is 53.4 Å². The van der Waals surface area contributed by atoms with E-state index in [2.05, 4.69) is 25.2 Å². The fourth-order valence-electron chi connectivity index (χ4n) is 3.62. The minimum absolute atomic E-state index is 0.0578. The summed E-state index contributed by atoms with van der Waals surface area (Å²) in [5, 5.41) is 4.93. The lowest BCUT2D eigenvalue weighted by Crippen LogP contribution is -2.41. The number of carbonyl (C=O) groups is 1. The first-order valence-corrected chi connectivity index (χ1v) is 9.64. The summed E-state index contributed by atoms with van der Waals surface area (Å²) in [5.74, 6) is 0.943. The lowest BCUT2D eigenvalue weighted by Gasteiger charge is -2.31. The number of carbonyl (C=O) groups excluding carboxylic acids is 1. The topological polar surface area (TPSA) is 73.9 Å². The van der Waals surface area contributed by atoms with Gasteiger partial charge in [0.1, 0.15) is 0 Å². The Morgan fingerprint density at radius 1 is 1.26 bits per heavy atom. The number of hydrogen-bond acceptors (Lipinski definition) is 4. The van der Waals surface area contributed by atoms with Crippen molar-refractivity contribution in [3.8, 4) is 0 Å². The summed E-state index contributed by atoms with van der Waals surface area (Å²) in [4.78, 5) is 26.5. The van der Waals surface area contributed by atoms with Gasteiger partial charge in [0.25, 0.3) is 0 Å². The number of rotatable bonds is 5. The molecule has 1 aliphatic heterocycles. The van der Waals surface area contributed by atoms with Crippen molar-refractivity contribution in [2.75, 3.05) is 24.5 Å². The standard InChI is InChI=1S/C20H22ClN5O/c21-16-2-3-18-17(12-16)15(13-25-18)4-9-22-19(27)14-5-10-26(11-6-14)20-23-7-1-8-24-20/h1-3,7-8,12-14,25H,4-6,9-11H2,(H,22,27). The second kappa shape index (κ2) is 7.96. The highest BCUT2D eigenvalue weighted by atomic mass is 35.5. The van der Waals surface area contributed by atoms with Crippen molar-refractivity contribution in [2.24, 2.45) is 5.92 Å². The number of amides is 1. The van der Waals surface area contributed by atoms with Crippen LogP contribution in [-0.4, -0.2) is 40.5 Å². The van der Waals surface area contributed by atoms with Crippen LogP contribution in [-0.2, 0) is 11.2 Å². The third kappa shape index (κ3) is 4.06. The van der Waals surface area contributed by atoms with Crippen molar-refractivity contribution in [1.82, 2.24) is 20.3 Å². The molecule has 0 aliphatic carbocycles. The minimum atomic E-state index is 0.0578. The molecule has 27 heavy (non-hydrogen) atoms.